The Morgan fingerprint density at radius 2 is 1.58 bits per heavy atom. The van der Waals surface area contributed by atoms with Crippen LogP contribution in [0.15, 0.2) is 78.9 Å². The van der Waals surface area contributed by atoms with Crippen molar-refractivity contribution in [1.82, 2.24) is 9.97 Å². The van der Waals surface area contributed by atoms with Crippen LogP contribution >= 0.6 is 0 Å². The van der Waals surface area contributed by atoms with Gasteiger partial charge in [-0.25, -0.2) is 4.98 Å². The molecule has 1 saturated carbocycles. The molecule has 31 heavy (non-hydrogen) atoms. The number of ether oxygens (including phenoxy) is 1. The number of aromatic nitrogens is 2. The third-order valence-corrected chi connectivity index (χ3v) is 5.63. The van der Waals surface area contributed by atoms with Gasteiger partial charge in [-0.15, -0.1) is 0 Å². The van der Waals surface area contributed by atoms with Gasteiger partial charge in [0.15, 0.2) is 0 Å². The molecule has 1 aliphatic carbocycles. The first-order chi connectivity index (χ1) is 15.3. The summed E-state index contributed by atoms with van der Waals surface area (Å²) in [6.45, 7) is 0.618. The Morgan fingerprint density at radius 1 is 0.806 bits per heavy atom. The van der Waals surface area contributed by atoms with E-state index in [4.69, 9.17) is 14.7 Å². The highest BCUT2D eigenvalue weighted by Gasteiger charge is 2.17. The Bertz CT molecular complexity index is 1160. The van der Waals surface area contributed by atoms with Gasteiger partial charge in [0, 0.05) is 18.0 Å². The fourth-order valence-corrected chi connectivity index (χ4v) is 4.05. The molecule has 3 aromatic carbocycles. The fourth-order valence-electron chi connectivity index (χ4n) is 4.05. The summed E-state index contributed by atoms with van der Waals surface area (Å²) in [5.74, 6) is 3.19. The number of hydrogen-bond donors (Lipinski definition) is 2. The highest BCUT2D eigenvalue weighted by Crippen LogP contribution is 2.27. The number of nitrogens with one attached hydrogen (secondary N) is 2. The summed E-state index contributed by atoms with van der Waals surface area (Å²) in [4.78, 5) is 9.53. The molecule has 156 valence electrons. The molecular formula is C26H26N4O. The monoisotopic (exact) mass is 410 g/mol. The molecule has 5 nitrogen and oxygen atoms in total. The molecule has 5 rings (SSSR count). The first-order valence-electron chi connectivity index (χ1n) is 10.9. The molecule has 1 aliphatic rings. The summed E-state index contributed by atoms with van der Waals surface area (Å²) in [6, 6.07) is 26.6. The van der Waals surface area contributed by atoms with Crippen LogP contribution in [0.3, 0.4) is 0 Å². The van der Waals surface area contributed by atoms with Gasteiger partial charge in [-0.2, -0.15) is 4.98 Å². The number of rotatable bonds is 7. The van der Waals surface area contributed by atoms with Crippen LogP contribution in [0.25, 0.3) is 10.9 Å². The zero-order chi connectivity index (χ0) is 20.9. The maximum Gasteiger partial charge on any atom is 0.225 e. The molecule has 0 unspecified atom stereocenters. The number of para-hydroxylation sites is 2. The van der Waals surface area contributed by atoms with Gasteiger partial charge in [-0.3, -0.25) is 0 Å². The summed E-state index contributed by atoms with van der Waals surface area (Å²) in [5.41, 5.74) is 2.05. The van der Waals surface area contributed by atoms with Crippen molar-refractivity contribution in [2.45, 2.75) is 38.3 Å². The zero-order valence-corrected chi connectivity index (χ0v) is 17.4. The first-order valence-corrected chi connectivity index (χ1v) is 10.9. The van der Waals surface area contributed by atoms with Crippen LogP contribution in [0.5, 0.6) is 11.5 Å². The third kappa shape index (κ3) is 4.77. The van der Waals surface area contributed by atoms with Gasteiger partial charge in [0.2, 0.25) is 5.95 Å². The van der Waals surface area contributed by atoms with Gasteiger partial charge in [0.25, 0.3) is 0 Å². The van der Waals surface area contributed by atoms with Crippen molar-refractivity contribution in [2.24, 2.45) is 0 Å². The Labute approximate surface area is 182 Å². The van der Waals surface area contributed by atoms with E-state index in [0.29, 0.717) is 18.5 Å². The summed E-state index contributed by atoms with van der Waals surface area (Å²) in [5, 5.41) is 8.11. The van der Waals surface area contributed by atoms with Crippen LogP contribution in [-0.2, 0) is 6.54 Å². The molecule has 0 radical (unpaired) electrons. The van der Waals surface area contributed by atoms with Crippen LogP contribution < -0.4 is 15.4 Å². The van der Waals surface area contributed by atoms with E-state index >= 15 is 0 Å². The number of anilines is 2. The summed E-state index contributed by atoms with van der Waals surface area (Å²) in [6.07, 6.45) is 4.98. The molecule has 0 spiro atoms. The van der Waals surface area contributed by atoms with Gasteiger partial charge in [-0.1, -0.05) is 55.3 Å². The molecule has 2 N–H and O–H groups in total. The Morgan fingerprint density at radius 3 is 2.45 bits per heavy atom. The maximum absolute atomic E-state index is 5.95. The van der Waals surface area contributed by atoms with Crippen molar-refractivity contribution in [3.63, 3.8) is 0 Å². The minimum Gasteiger partial charge on any atom is -0.457 e. The number of benzene rings is 3. The second-order valence-corrected chi connectivity index (χ2v) is 7.95. The lowest BCUT2D eigenvalue weighted by atomic mass is 10.2. The average Bonchev–Trinajstić information content (AvgIpc) is 3.32. The van der Waals surface area contributed by atoms with Crippen molar-refractivity contribution in [1.29, 1.82) is 0 Å². The highest BCUT2D eigenvalue weighted by atomic mass is 16.5. The quantitative estimate of drug-likeness (QED) is 0.370. The number of fused-ring (bicyclic) bond motifs is 1. The molecule has 0 amide bonds. The molecule has 0 atom stereocenters. The second kappa shape index (κ2) is 9.04. The van der Waals surface area contributed by atoms with Crippen molar-refractivity contribution in [3.05, 3.63) is 84.4 Å². The average molecular weight is 411 g/mol. The molecule has 1 fully saturated rings. The van der Waals surface area contributed by atoms with Crippen LogP contribution in [0.1, 0.15) is 31.2 Å². The van der Waals surface area contributed by atoms with E-state index in [1.165, 1.54) is 25.7 Å². The summed E-state index contributed by atoms with van der Waals surface area (Å²) >= 11 is 0. The molecule has 1 heterocycles. The summed E-state index contributed by atoms with van der Waals surface area (Å²) in [7, 11) is 0. The summed E-state index contributed by atoms with van der Waals surface area (Å²) < 4.78 is 5.95. The van der Waals surface area contributed by atoms with E-state index in [2.05, 4.69) is 22.8 Å². The van der Waals surface area contributed by atoms with Crippen LogP contribution in [0, 0.1) is 0 Å². The van der Waals surface area contributed by atoms with E-state index < -0.39 is 0 Å². The standard InChI is InChI=1S/C26H26N4O/c1-2-12-21(13-3-1)31-22-14-8-9-19(17-22)18-27-26-29-24-16-7-6-15-23(24)25(30-26)28-20-10-4-5-11-20/h1-3,6-9,12-17,20H,4-5,10-11,18H2,(H2,27,28,29,30). The van der Waals surface area contributed by atoms with Crippen molar-refractivity contribution in [3.8, 4) is 11.5 Å². The van der Waals surface area contributed by atoms with Gasteiger partial charge < -0.3 is 15.4 Å². The van der Waals surface area contributed by atoms with Crippen LogP contribution in [0.2, 0.25) is 0 Å². The molecule has 5 heteroatoms. The molecule has 0 saturated heterocycles. The third-order valence-electron chi connectivity index (χ3n) is 5.63. The van der Waals surface area contributed by atoms with Gasteiger partial charge in [-0.05, 0) is 54.8 Å². The van der Waals surface area contributed by atoms with E-state index in [-0.39, 0.29) is 0 Å². The minimum absolute atomic E-state index is 0.498. The van der Waals surface area contributed by atoms with Gasteiger partial charge in [0.05, 0.1) is 5.52 Å². The second-order valence-electron chi connectivity index (χ2n) is 7.95. The Balaban J connectivity index is 1.33. The predicted octanol–water partition coefficient (Wildman–Crippen LogP) is 6.39. The van der Waals surface area contributed by atoms with E-state index in [1.807, 2.05) is 66.7 Å². The topological polar surface area (TPSA) is 59.1 Å². The molecule has 0 bridgehead atoms. The van der Waals surface area contributed by atoms with Crippen molar-refractivity contribution >= 4 is 22.7 Å². The van der Waals surface area contributed by atoms with Crippen LogP contribution in [-0.4, -0.2) is 16.0 Å². The molecular weight excluding hydrogens is 384 g/mol. The van der Waals surface area contributed by atoms with E-state index in [9.17, 15) is 0 Å². The lowest BCUT2D eigenvalue weighted by molar-refractivity contribution is 0.482. The first kappa shape index (κ1) is 19.4. The molecule has 0 aliphatic heterocycles. The molecule has 4 aromatic rings. The highest BCUT2D eigenvalue weighted by molar-refractivity contribution is 5.90. The Kier molecular flexibility index (Phi) is 5.65. The van der Waals surface area contributed by atoms with E-state index in [1.54, 1.807) is 0 Å². The largest absolute Gasteiger partial charge is 0.457 e. The van der Waals surface area contributed by atoms with Gasteiger partial charge >= 0.3 is 0 Å². The fraction of sp³-hybridized carbons (Fsp3) is 0.231. The normalized spacial score (nSPS) is 13.9. The number of nitrogens with zero attached hydrogens (tertiary/aromatic N) is 2. The maximum atomic E-state index is 5.95. The lowest BCUT2D eigenvalue weighted by Crippen LogP contribution is -2.17. The SMILES string of the molecule is c1ccc(Oc2cccc(CNc3nc(NC4CCCC4)c4ccccc4n3)c2)cc1. The Hall–Kier alpha value is -3.60. The van der Waals surface area contributed by atoms with Crippen molar-refractivity contribution in [2.75, 3.05) is 10.6 Å². The van der Waals surface area contributed by atoms with E-state index in [0.717, 1.165) is 33.8 Å². The minimum atomic E-state index is 0.498. The van der Waals surface area contributed by atoms with Crippen LogP contribution in [0.4, 0.5) is 11.8 Å². The smallest absolute Gasteiger partial charge is 0.225 e. The van der Waals surface area contributed by atoms with Gasteiger partial charge in [0.1, 0.15) is 17.3 Å². The molecule has 1 aromatic heterocycles. The lowest BCUT2D eigenvalue weighted by Gasteiger charge is -2.16. The zero-order valence-electron chi connectivity index (χ0n) is 17.4. The van der Waals surface area contributed by atoms with Crippen molar-refractivity contribution < 1.29 is 4.74 Å². The number of hydrogen-bond acceptors (Lipinski definition) is 5. The predicted molar refractivity (Wildman–Crippen MR) is 126 cm³/mol.